The first-order valence-electron chi connectivity index (χ1n) is 9.83. The monoisotopic (exact) mass is 399 g/mol. The number of hydrogen-bond donors (Lipinski definition) is 1. The highest BCUT2D eigenvalue weighted by atomic mass is 16.5. The Kier molecular flexibility index (Phi) is 6.38. The number of nitrogens with one attached hydrogen (secondary N) is 1. The number of anilines is 1. The molecule has 0 bridgehead atoms. The number of rotatable bonds is 7. The van der Waals surface area contributed by atoms with Crippen LogP contribution in [0.15, 0.2) is 66.8 Å². The first kappa shape index (κ1) is 20.9. The van der Waals surface area contributed by atoms with Crippen molar-refractivity contribution in [2.45, 2.75) is 33.4 Å². The average molecular weight is 399 g/mol. The Bertz CT molecular complexity index is 1160. The third-order valence-corrected chi connectivity index (χ3v) is 4.71. The van der Waals surface area contributed by atoms with Crippen LogP contribution in [-0.4, -0.2) is 16.6 Å². The maximum Gasteiger partial charge on any atom is 0.266 e. The van der Waals surface area contributed by atoms with E-state index in [0.29, 0.717) is 18.0 Å². The number of amides is 1. The minimum atomic E-state index is -0.459. The van der Waals surface area contributed by atoms with E-state index in [1.807, 2.05) is 63.2 Å². The van der Waals surface area contributed by atoms with Gasteiger partial charge in [0.25, 0.3) is 5.91 Å². The fourth-order valence-corrected chi connectivity index (χ4v) is 3.41. The van der Waals surface area contributed by atoms with Gasteiger partial charge in [-0.05, 0) is 45.0 Å². The van der Waals surface area contributed by atoms with Crippen molar-refractivity contribution in [2.75, 3.05) is 5.32 Å². The Labute approximate surface area is 176 Å². The molecule has 1 N–H and O–H groups in total. The van der Waals surface area contributed by atoms with E-state index in [2.05, 4.69) is 16.5 Å². The predicted octanol–water partition coefficient (Wildman–Crippen LogP) is 5.47. The first-order valence-corrected chi connectivity index (χ1v) is 9.83. The van der Waals surface area contributed by atoms with E-state index in [0.717, 1.165) is 22.2 Å². The molecule has 1 heterocycles. The summed E-state index contributed by atoms with van der Waals surface area (Å²) in [6, 6.07) is 17.1. The van der Waals surface area contributed by atoms with Crippen LogP contribution in [0.1, 0.15) is 25.1 Å². The molecule has 0 aliphatic carbocycles. The van der Waals surface area contributed by atoms with Crippen LogP contribution in [0.4, 0.5) is 5.69 Å². The van der Waals surface area contributed by atoms with Gasteiger partial charge in [-0.1, -0.05) is 30.3 Å². The molecular formula is C25H25N3O2. The van der Waals surface area contributed by atoms with Gasteiger partial charge in [0.1, 0.15) is 17.4 Å². The molecule has 0 unspecified atom stereocenters. The molecule has 152 valence electrons. The largest absolute Gasteiger partial charge is 0.491 e. The number of carbonyl (C=O) groups is 1. The second-order valence-corrected chi connectivity index (χ2v) is 7.23. The van der Waals surface area contributed by atoms with Crippen LogP contribution in [-0.2, 0) is 11.3 Å². The van der Waals surface area contributed by atoms with Crippen molar-refractivity contribution < 1.29 is 9.53 Å². The van der Waals surface area contributed by atoms with Gasteiger partial charge in [0, 0.05) is 40.5 Å². The summed E-state index contributed by atoms with van der Waals surface area (Å²) < 4.78 is 7.79. The lowest BCUT2D eigenvalue weighted by Crippen LogP contribution is -2.14. The number of nitrogens with zero attached hydrogens (tertiary/aromatic N) is 2. The molecule has 2 aromatic carbocycles. The lowest BCUT2D eigenvalue weighted by molar-refractivity contribution is -0.112. The van der Waals surface area contributed by atoms with Crippen molar-refractivity contribution in [2.24, 2.45) is 0 Å². The molecule has 1 amide bonds. The third kappa shape index (κ3) is 4.44. The highest BCUT2D eigenvalue weighted by Crippen LogP contribution is 2.28. The van der Waals surface area contributed by atoms with Crippen molar-refractivity contribution >= 4 is 28.6 Å². The van der Waals surface area contributed by atoms with Crippen LogP contribution >= 0.6 is 0 Å². The topological polar surface area (TPSA) is 67.0 Å². The van der Waals surface area contributed by atoms with Crippen LogP contribution in [0, 0.1) is 18.3 Å². The van der Waals surface area contributed by atoms with Crippen molar-refractivity contribution in [3.8, 4) is 11.8 Å². The molecule has 1 aromatic heterocycles. The number of carbonyl (C=O) groups excluding carboxylic acids is 1. The van der Waals surface area contributed by atoms with Crippen LogP contribution in [0.25, 0.3) is 17.0 Å². The van der Waals surface area contributed by atoms with Gasteiger partial charge in [-0.15, -0.1) is 6.58 Å². The molecule has 0 saturated heterocycles. The standard InChI is InChI=1S/C25H25N3O2/c1-5-13-28-18(4)23(22-11-6-7-12-24(22)28)14-19(16-26)25(29)27-20-9-8-10-21(15-20)30-17(2)3/h5-12,14-15,17H,1,13H2,2-4H3,(H,27,29)/b19-14-. The molecule has 0 saturated carbocycles. The molecule has 0 atom stereocenters. The zero-order valence-corrected chi connectivity index (χ0v) is 17.5. The van der Waals surface area contributed by atoms with Crippen molar-refractivity contribution in [1.29, 1.82) is 5.26 Å². The van der Waals surface area contributed by atoms with Gasteiger partial charge in [0.2, 0.25) is 0 Å². The summed E-state index contributed by atoms with van der Waals surface area (Å²) in [5, 5.41) is 13.4. The molecular weight excluding hydrogens is 374 g/mol. The van der Waals surface area contributed by atoms with Crippen molar-refractivity contribution in [3.05, 3.63) is 78.0 Å². The fraction of sp³-hybridized carbons (Fsp3) is 0.200. The Morgan fingerprint density at radius 2 is 2.03 bits per heavy atom. The fourth-order valence-electron chi connectivity index (χ4n) is 3.41. The average Bonchev–Trinajstić information content (AvgIpc) is 2.97. The zero-order valence-electron chi connectivity index (χ0n) is 17.5. The number of benzene rings is 2. The van der Waals surface area contributed by atoms with E-state index < -0.39 is 5.91 Å². The molecule has 0 fully saturated rings. The summed E-state index contributed by atoms with van der Waals surface area (Å²) in [6.07, 6.45) is 3.51. The molecule has 30 heavy (non-hydrogen) atoms. The zero-order chi connectivity index (χ0) is 21.7. The molecule has 5 nitrogen and oxygen atoms in total. The number of nitriles is 1. The van der Waals surface area contributed by atoms with E-state index in [9.17, 15) is 10.1 Å². The summed E-state index contributed by atoms with van der Waals surface area (Å²) in [5.74, 6) is 0.202. The highest BCUT2D eigenvalue weighted by molar-refractivity contribution is 6.11. The van der Waals surface area contributed by atoms with Crippen molar-refractivity contribution in [3.63, 3.8) is 0 Å². The van der Waals surface area contributed by atoms with Gasteiger partial charge < -0.3 is 14.6 Å². The number of ether oxygens (including phenoxy) is 1. The number of aromatic nitrogens is 1. The number of para-hydroxylation sites is 1. The summed E-state index contributed by atoms with van der Waals surface area (Å²) >= 11 is 0. The van der Waals surface area contributed by atoms with Gasteiger partial charge in [0.15, 0.2) is 0 Å². The van der Waals surface area contributed by atoms with Crippen LogP contribution < -0.4 is 10.1 Å². The Morgan fingerprint density at radius 1 is 1.27 bits per heavy atom. The van der Waals surface area contributed by atoms with Gasteiger partial charge in [-0.3, -0.25) is 4.79 Å². The summed E-state index contributed by atoms with van der Waals surface area (Å²) in [6.45, 7) is 10.3. The second kappa shape index (κ2) is 9.15. The normalized spacial score (nSPS) is 11.4. The van der Waals surface area contributed by atoms with Crippen LogP contribution in [0.2, 0.25) is 0 Å². The molecule has 5 heteroatoms. The maximum atomic E-state index is 12.8. The van der Waals surface area contributed by atoms with Crippen molar-refractivity contribution in [1.82, 2.24) is 4.57 Å². The Balaban J connectivity index is 1.95. The molecule has 3 aromatic rings. The van der Waals surface area contributed by atoms with E-state index in [1.54, 1.807) is 24.3 Å². The van der Waals surface area contributed by atoms with Crippen LogP contribution in [0.3, 0.4) is 0 Å². The lowest BCUT2D eigenvalue weighted by atomic mass is 10.1. The van der Waals surface area contributed by atoms with Gasteiger partial charge in [-0.2, -0.15) is 5.26 Å². The van der Waals surface area contributed by atoms with Gasteiger partial charge in [-0.25, -0.2) is 0 Å². The minimum absolute atomic E-state index is 0.0291. The number of hydrogen-bond acceptors (Lipinski definition) is 3. The first-order chi connectivity index (χ1) is 14.4. The van der Waals surface area contributed by atoms with Gasteiger partial charge >= 0.3 is 0 Å². The van der Waals surface area contributed by atoms with E-state index in [1.165, 1.54) is 0 Å². The molecule has 0 radical (unpaired) electrons. The summed E-state index contributed by atoms with van der Waals surface area (Å²) in [7, 11) is 0. The maximum absolute atomic E-state index is 12.8. The predicted molar refractivity (Wildman–Crippen MR) is 121 cm³/mol. The SMILES string of the molecule is C=CCn1c(C)c(/C=C(/C#N)C(=O)Nc2cccc(OC(C)C)c2)c2ccccc21. The number of fused-ring (bicyclic) bond motifs is 1. The second-order valence-electron chi connectivity index (χ2n) is 7.23. The lowest BCUT2D eigenvalue weighted by Gasteiger charge is -2.11. The molecule has 3 rings (SSSR count). The van der Waals surface area contributed by atoms with E-state index >= 15 is 0 Å². The quantitative estimate of drug-likeness (QED) is 0.325. The van der Waals surface area contributed by atoms with E-state index in [-0.39, 0.29) is 11.7 Å². The molecule has 0 aliphatic heterocycles. The third-order valence-electron chi connectivity index (χ3n) is 4.71. The summed E-state index contributed by atoms with van der Waals surface area (Å²) in [4.78, 5) is 12.8. The Hall–Kier alpha value is -3.78. The Morgan fingerprint density at radius 3 is 2.73 bits per heavy atom. The molecule has 0 aliphatic rings. The molecule has 0 spiro atoms. The smallest absolute Gasteiger partial charge is 0.266 e. The summed E-state index contributed by atoms with van der Waals surface area (Å²) in [5.41, 5.74) is 3.48. The van der Waals surface area contributed by atoms with E-state index in [4.69, 9.17) is 4.74 Å². The minimum Gasteiger partial charge on any atom is -0.491 e. The van der Waals surface area contributed by atoms with Crippen LogP contribution in [0.5, 0.6) is 5.75 Å². The van der Waals surface area contributed by atoms with Gasteiger partial charge in [0.05, 0.1) is 6.10 Å². The number of allylic oxidation sites excluding steroid dienone is 1. The highest BCUT2D eigenvalue weighted by Gasteiger charge is 2.16.